The molecule has 0 aromatic carbocycles. The average molecular weight is 82.1 g/mol. The molecule has 0 unspecified atom stereocenters. The third-order valence-electron chi connectivity index (χ3n) is 0.832. The minimum absolute atomic E-state index is 1.07. The largest absolute Gasteiger partial charge is 0.130 e. The maximum absolute atomic E-state index is 3.47. The highest BCUT2D eigenvalue weighted by Gasteiger charge is 1.71. The van der Waals surface area contributed by atoms with Crippen molar-refractivity contribution in [3.63, 3.8) is 0 Å². The third kappa shape index (κ3) is 1.80. The first-order valence-electron chi connectivity index (χ1n) is 2.16. The Morgan fingerprint density at radius 3 is 2.33 bits per heavy atom. The fourth-order valence-electron chi connectivity index (χ4n) is 0.125. The second kappa shape index (κ2) is 2.74. The van der Waals surface area contributed by atoms with E-state index in [-0.39, 0.29) is 0 Å². The predicted octanol–water partition coefficient (Wildman–Crippen LogP) is 2.13. The summed E-state index contributed by atoms with van der Waals surface area (Å²) in [6.45, 7) is 7.58. The molecule has 0 N–H and O–H groups in total. The molecule has 0 saturated heterocycles. The molecule has 0 fully saturated rings. The molecule has 0 radical (unpaired) electrons. The quantitative estimate of drug-likeness (QED) is 0.425. The molecule has 0 aliphatic carbocycles. The van der Waals surface area contributed by atoms with Crippen molar-refractivity contribution in [3.05, 3.63) is 17.9 Å². The molecule has 0 heteroatoms. The van der Waals surface area contributed by atoms with Crippen LogP contribution in [0.15, 0.2) is 17.9 Å². The van der Waals surface area contributed by atoms with Crippen molar-refractivity contribution in [1.82, 2.24) is 0 Å². The van der Waals surface area contributed by atoms with Crippen molar-refractivity contribution in [2.45, 2.75) is 20.3 Å². The van der Waals surface area contributed by atoms with Gasteiger partial charge >= 0.3 is 0 Å². The van der Waals surface area contributed by atoms with Crippen LogP contribution in [0.2, 0.25) is 0 Å². The Labute approximate surface area is 39.2 Å². The third-order valence-corrected chi connectivity index (χ3v) is 0.832. The highest BCUT2D eigenvalue weighted by Crippen LogP contribution is 1.91. The summed E-state index contributed by atoms with van der Waals surface area (Å²) in [5, 5.41) is 0. The SMILES string of the molecule is C=C=C(C)CC. The van der Waals surface area contributed by atoms with Gasteiger partial charge in [-0.2, -0.15) is 0 Å². The highest BCUT2D eigenvalue weighted by atomic mass is 13.8. The minimum Gasteiger partial charge on any atom is -0.130 e. The van der Waals surface area contributed by atoms with E-state index in [2.05, 4.69) is 19.2 Å². The lowest BCUT2D eigenvalue weighted by atomic mass is 10.3. The molecule has 0 aliphatic heterocycles. The van der Waals surface area contributed by atoms with E-state index in [9.17, 15) is 0 Å². The first kappa shape index (κ1) is 5.52. The minimum atomic E-state index is 1.07. The second-order valence-corrected chi connectivity index (χ2v) is 1.31. The van der Waals surface area contributed by atoms with Crippen LogP contribution in [-0.4, -0.2) is 0 Å². The number of rotatable bonds is 1. The molecule has 0 spiro atoms. The van der Waals surface area contributed by atoms with Crippen molar-refractivity contribution in [1.29, 1.82) is 0 Å². The molecule has 0 amide bonds. The van der Waals surface area contributed by atoms with Crippen LogP contribution in [0.1, 0.15) is 20.3 Å². The molecule has 6 heavy (non-hydrogen) atoms. The zero-order valence-corrected chi connectivity index (χ0v) is 4.41. The van der Waals surface area contributed by atoms with Gasteiger partial charge < -0.3 is 0 Å². The molecular formula is C6H10. The van der Waals surface area contributed by atoms with E-state index >= 15 is 0 Å². The van der Waals surface area contributed by atoms with E-state index in [0.29, 0.717) is 0 Å². The summed E-state index contributed by atoms with van der Waals surface area (Å²) in [6, 6.07) is 0. The predicted molar refractivity (Wildman–Crippen MR) is 28.6 cm³/mol. The van der Waals surface area contributed by atoms with Gasteiger partial charge in [-0.15, -0.1) is 5.73 Å². The van der Waals surface area contributed by atoms with Gasteiger partial charge in [0.1, 0.15) is 0 Å². The fourth-order valence-corrected chi connectivity index (χ4v) is 0.125. The zero-order valence-electron chi connectivity index (χ0n) is 4.41. The molecule has 0 aromatic rings. The van der Waals surface area contributed by atoms with Crippen molar-refractivity contribution < 1.29 is 0 Å². The molecule has 0 saturated carbocycles. The summed E-state index contributed by atoms with van der Waals surface area (Å²) in [6.07, 6.45) is 1.07. The lowest BCUT2D eigenvalue weighted by Crippen LogP contribution is -1.60. The number of hydrogen-bond donors (Lipinski definition) is 0. The van der Waals surface area contributed by atoms with Crippen LogP contribution >= 0.6 is 0 Å². The van der Waals surface area contributed by atoms with Crippen molar-refractivity contribution in [3.8, 4) is 0 Å². The van der Waals surface area contributed by atoms with Gasteiger partial charge in [-0.25, -0.2) is 0 Å². The average Bonchev–Trinajstić information content (AvgIpc) is 1.65. The van der Waals surface area contributed by atoms with Crippen molar-refractivity contribution in [2.75, 3.05) is 0 Å². The van der Waals surface area contributed by atoms with Gasteiger partial charge in [-0.1, -0.05) is 13.5 Å². The maximum atomic E-state index is 3.47. The molecule has 0 bridgehead atoms. The lowest BCUT2D eigenvalue weighted by molar-refractivity contribution is 1.11. The monoisotopic (exact) mass is 82.1 g/mol. The first-order valence-corrected chi connectivity index (χ1v) is 2.16. The van der Waals surface area contributed by atoms with Gasteiger partial charge in [0.05, 0.1) is 0 Å². The van der Waals surface area contributed by atoms with Crippen LogP contribution in [0.5, 0.6) is 0 Å². The van der Waals surface area contributed by atoms with E-state index in [0.717, 1.165) is 6.42 Å². The standard InChI is InChI=1S/C6H10/c1-4-6(3)5-2/h1,5H2,2-3H3. The molecule has 0 nitrogen and oxygen atoms in total. The van der Waals surface area contributed by atoms with Crippen LogP contribution in [0, 0.1) is 0 Å². The van der Waals surface area contributed by atoms with Crippen LogP contribution in [0.3, 0.4) is 0 Å². The summed E-state index contributed by atoms with van der Waals surface area (Å²) in [5.41, 5.74) is 4.01. The van der Waals surface area contributed by atoms with Gasteiger partial charge in [-0.3, -0.25) is 0 Å². The normalized spacial score (nSPS) is 7.00. The Bertz CT molecular complexity index is 74.0. The van der Waals surface area contributed by atoms with E-state index in [1.165, 1.54) is 5.57 Å². The van der Waals surface area contributed by atoms with Gasteiger partial charge in [0.15, 0.2) is 0 Å². The Morgan fingerprint density at radius 1 is 1.83 bits per heavy atom. The van der Waals surface area contributed by atoms with Crippen LogP contribution in [0.4, 0.5) is 0 Å². The lowest BCUT2D eigenvalue weighted by Gasteiger charge is -1.80. The van der Waals surface area contributed by atoms with E-state index in [1.54, 1.807) is 0 Å². The van der Waals surface area contributed by atoms with Gasteiger partial charge in [0.2, 0.25) is 0 Å². The molecule has 0 heterocycles. The van der Waals surface area contributed by atoms with Gasteiger partial charge in [-0.05, 0) is 18.9 Å². The highest BCUT2D eigenvalue weighted by molar-refractivity contribution is 4.91. The van der Waals surface area contributed by atoms with Crippen LogP contribution in [-0.2, 0) is 0 Å². The number of allylic oxidation sites excluding steroid dienone is 1. The fraction of sp³-hybridized carbons (Fsp3) is 0.500. The summed E-state index contributed by atoms with van der Waals surface area (Å²) in [5.74, 6) is 0. The van der Waals surface area contributed by atoms with Gasteiger partial charge in [0.25, 0.3) is 0 Å². The van der Waals surface area contributed by atoms with Crippen LogP contribution in [0.25, 0.3) is 0 Å². The van der Waals surface area contributed by atoms with E-state index in [4.69, 9.17) is 0 Å². The summed E-state index contributed by atoms with van der Waals surface area (Å²) < 4.78 is 0. The molecule has 0 atom stereocenters. The molecule has 0 rings (SSSR count). The summed E-state index contributed by atoms with van der Waals surface area (Å²) >= 11 is 0. The second-order valence-electron chi connectivity index (χ2n) is 1.31. The maximum Gasteiger partial charge on any atom is -0.0275 e. The molecule has 34 valence electrons. The molecule has 0 aliphatic rings. The molecule has 0 aromatic heterocycles. The van der Waals surface area contributed by atoms with Crippen LogP contribution < -0.4 is 0 Å². The Balaban J connectivity index is 3.52. The Hall–Kier alpha value is -0.480. The topological polar surface area (TPSA) is 0 Å². The Morgan fingerprint density at radius 2 is 2.33 bits per heavy atom. The number of hydrogen-bond acceptors (Lipinski definition) is 0. The van der Waals surface area contributed by atoms with Gasteiger partial charge in [0, 0.05) is 0 Å². The smallest absolute Gasteiger partial charge is 0.0275 e. The summed E-state index contributed by atoms with van der Waals surface area (Å²) in [7, 11) is 0. The summed E-state index contributed by atoms with van der Waals surface area (Å²) in [4.78, 5) is 0. The van der Waals surface area contributed by atoms with E-state index < -0.39 is 0 Å². The Kier molecular flexibility index (Phi) is 2.52. The molecular weight excluding hydrogens is 72.1 g/mol. The first-order chi connectivity index (χ1) is 2.81. The zero-order chi connectivity index (χ0) is 4.99. The van der Waals surface area contributed by atoms with Crippen molar-refractivity contribution >= 4 is 0 Å². The van der Waals surface area contributed by atoms with Crippen molar-refractivity contribution in [2.24, 2.45) is 0 Å². The van der Waals surface area contributed by atoms with E-state index in [1.807, 2.05) is 6.92 Å².